The maximum atomic E-state index is 12.4. The molecule has 2 amide bonds. The summed E-state index contributed by atoms with van der Waals surface area (Å²) in [6.07, 6.45) is 4.66. The number of aromatic nitrogens is 2. The van der Waals surface area contributed by atoms with Crippen molar-refractivity contribution < 1.29 is 9.59 Å². The molecule has 1 heterocycles. The highest BCUT2D eigenvalue weighted by molar-refractivity contribution is 6.02. The van der Waals surface area contributed by atoms with Crippen LogP contribution in [0.5, 0.6) is 0 Å². The number of amides is 2. The molecule has 28 heavy (non-hydrogen) atoms. The van der Waals surface area contributed by atoms with Crippen LogP contribution in [-0.4, -0.2) is 28.1 Å². The summed E-state index contributed by atoms with van der Waals surface area (Å²) in [5.74, 6) is 0.418. The molecule has 2 N–H and O–H groups in total. The third-order valence-corrected chi connectivity index (χ3v) is 5.32. The quantitative estimate of drug-likeness (QED) is 0.705. The lowest BCUT2D eigenvalue weighted by Crippen LogP contribution is -2.37. The van der Waals surface area contributed by atoms with Crippen molar-refractivity contribution in [3.8, 4) is 0 Å². The monoisotopic (exact) mass is 376 g/mol. The Morgan fingerprint density at radius 2 is 1.89 bits per heavy atom. The van der Waals surface area contributed by atoms with E-state index in [-0.39, 0.29) is 24.3 Å². The van der Waals surface area contributed by atoms with Gasteiger partial charge in [0.25, 0.3) is 0 Å². The molecular formula is C22H24N4O2. The number of carbonyl (C=O) groups excluding carboxylic acids is 2. The number of rotatable bonds is 5. The smallest absolute Gasteiger partial charge is 0.230 e. The highest BCUT2D eigenvalue weighted by atomic mass is 16.2. The third-order valence-electron chi connectivity index (χ3n) is 5.32. The van der Waals surface area contributed by atoms with Gasteiger partial charge in [0.15, 0.2) is 5.82 Å². The minimum Gasteiger partial charge on any atom is -0.310 e. The van der Waals surface area contributed by atoms with Crippen molar-refractivity contribution in [1.29, 1.82) is 0 Å². The molecule has 2 aromatic carbocycles. The first-order valence-electron chi connectivity index (χ1n) is 9.73. The van der Waals surface area contributed by atoms with Crippen LogP contribution in [0.2, 0.25) is 0 Å². The fourth-order valence-corrected chi connectivity index (χ4v) is 4.02. The van der Waals surface area contributed by atoms with Crippen molar-refractivity contribution in [2.75, 3.05) is 10.2 Å². The van der Waals surface area contributed by atoms with Gasteiger partial charge in [0.1, 0.15) is 0 Å². The van der Waals surface area contributed by atoms with Gasteiger partial charge in [-0.3, -0.25) is 14.7 Å². The van der Waals surface area contributed by atoms with Crippen LogP contribution in [0.15, 0.2) is 48.5 Å². The van der Waals surface area contributed by atoms with Gasteiger partial charge in [0, 0.05) is 24.0 Å². The fourth-order valence-electron chi connectivity index (χ4n) is 4.02. The van der Waals surface area contributed by atoms with Gasteiger partial charge in [-0.2, -0.15) is 5.10 Å². The van der Waals surface area contributed by atoms with E-state index < -0.39 is 0 Å². The Balaban J connectivity index is 1.59. The molecule has 3 aromatic rings. The van der Waals surface area contributed by atoms with Crippen molar-refractivity contribution >= 4 is 34.2 Å². The summed E-state index contributed by atoms with van der Waals surface area (Å²) >= 11 is 0. The summed E-state index contributed by atoms with van der Waals surface area (Å²) in [6, 6.07) is 15.6. The largest absolute Gasteiger partial charge is 0.310 e. The number of H-pyrrole nitrogens is 1. The van der Waals surface area contributed by atoms with E-state index in [9.17, 15) is 9.59 Å². The van der Waals surface area contributed by atoms with Crippen LogP contribution in [0.3, 0.4) is 0 Å². The molecule has 0 aliphatic heterocycles. The van der Waals surface area contributed by atoms with E-state index in [1.54, 1.807) is 6.92 Å². The van der Waals surface area contributed by atoms with Gasteiger partial charge in [-0.05, 0) is 36.6 Å². The van der Waals surface area contributed by atoms with E-state index >= 15 is 0 Å². The molecule has 0 bridgehead atoms. The zero-order chi connectivity index (χ0) is 19.5. The Bertz CT molecular complexity index is 990. The predicted molar refractivity (Wildman–Crippen MR) is 110 cm³/mol. The Kier molecular flexibility index (Phi) is 5.10. The van der Waals surface area contributed by atoms with Gasteiger partial charge in [-0.1, -0.05) is 43.2 Å². The molecule has 0 atom stereocenters. The van der Waals surface area contributed by atoms with E-state index in [0.717, 1.165) is 47.8 Å². The van der Waals surface area contributed by atoms with Crippen LogP contribution in [0.25, 0.3) is 10.9 Å². The van der Waals surface area contributed by atoms with Crippen LogP contribution >= 0.6 is 0 Å². The topological polar surface area (TPSA) is 78.1 Å². The number of anilines is 2. The maximum absolute atomic E-state index is 12.4. The Morgan fingerprint density at radius 1 is 1.14 bits per heavy atom. The number of hydrogen-bond donors (Lipinski definition) is 2. The highest BCUT2D eigenvalue weighted by Gasteiger charge is 2.26. The lowest BCUT2D eigenvalue weighted by atomic mass is 10.1. The first kappa shape index (κ1) is 18.2. The van der Waals surface area contributed by atoms with Crippen LogP contribution in [0.4, 0.5) is 11.5 Å². The molecule has 0 saturated heterocycles. The average Bonchev–Trinajstić information content (AvgIpc) is 3.33. The summed E-state index contributed by atoms with van der Waals surface area (Å²) in [4.78, 5) is 26.6. The van der Waals surface area contributed by atoms with Crippen molar-refractivity contribution in [2.24, 2.45) is 0 Å². The minimum absolute atomic E-state index is 0.0457. The number of carbonyl (C=O) groups is 2. The summed E-state index contributed by atoms with van der Waals surface area (Å²) in [7, 11) is 0. The van der Waals surface area contributed by atoms with Gasteiger partial charge < -0.3 is 10.2 Å². The van der Waals surface area contributed by atoms with Crippen molar-refractivity contribution in [1.82, 2.24) is 10.2 Å². The molecule has 0 radical (unpaired) electrons. The first-order chi connectivity index (χ1) is 13.6. The molecule has 1 aliphatic rings. The van der Waals surface area contributed by atoms with Crippen molar-refractivity contribution in [3.05, 3.63) is 54.1 Å². The Hall–Kier alpha value is -3.15. The molecule has 0 spiro atoms. The van der Waals surface area contributed by atoms with Crippen molar-refractivity contribution in [2.45, 2.75) is 45.1 Å². The zero-order valence-electron chi connectivity index (χ0n) is 15.9. The molecule has 1 aliphatic carbocycles. The van der Waals surface area contributed by atoms with Gasteiger partial charge in [-0.15, -0.1) is 0 Å². The Morgan fingerprint density at radius 3 is 2.61 bits per heavy atom. The van der Waals surface area contributed by atoms with Gasteiger partial charge in [0.2, 0.25) is 11.8 Å². The van der Waals surface area contributed by atoms with Crippen LogP contribution in [-0.2, 0) is 16.0 Å². The van der Waals surface area contributed by atoms with E-state index in [1.807, 2.05) is 53.4 Å². The lowest BCUT2D eigenvalue weighted by Gasteiger charge is -2.28. The Labute approximate surface area is 163 Å². The summed E-state index contributed by atoms with van der Waals surface area (Å²) in [5.41, 5.74) is 2.63. The molecule has 6 heteroatoms. The van der Waals surface area contributed by atoms with Gasteiger partial charge >= 0.3 is 0 Å². The fraction of sp³-hybridized carbons (Fsp3) is 0.318. The lowest BCUT2D eigenvalue weighted by molar-refractivity contribution is -0.117. The maximum Gasteiger partial charge on any atom is 0.230 e. The third kappa shape index (κ3) is 3.76. The second-order valence-corrected chi connectivity index (χ2v) is 7.34. The number of fused-ring (bicyclic) bond motifs is 1. The SMILES string of the molecule is CC(=O)N(c1ccc2[nH]nc(NC(=O)Cc3ccccc3)c2c1)C1CCCC1. The second-order valence-electron chi connectivity index (χ2n) is 7.34. The predicted octanol–water partition coefficient (Wildman–Crippen LogP) is 4.04. The molecular weight excluding hydrogens is 352 g/mol. The van der Waals surface area contributed by atoms with Crippen LogP contribution in [0, 0.1) is 0 Å². The number of nitrogens with zero attached hydrogens (tertiary/aromatic N) is 2. The van der Waals surface area contributed by atoms with Gasteiger partial charge in [-0.25, -0.2) is 0 Å². The zero-order valence-corrected chi connectivity index (χ0v) is 15.9. The normalized spacial score (nSPS) is 14.3. The van der Waals surface area contributed by atoms with Gasteiger partial charge in [0.05, 0.1) is 11.9 Å². The summed E-state index contributed by atoms with van der Waals surface area (Å²) < 4.78 is 0. The standard InChI is InChI=1S/C22H24N4O2/c1-15(27)26(17-9-5-6-10-17)18-11-12-20-19(14-18)22(25-24-20)23-21(28)13-16-7-3-2-4-8-16/h2-4,7-8,11-12,14,17H,5-6,9-10,13H2,1H3,(H2,23,24,25,28). The van der Waals surface area contributed by atoms with Crippen molar-refractivity contribution in [3.63, 3.8) is 0 Å². The molecule has 1 saturated carbocycles. The van der Waals surface area contributed by atoms with E-state index in [2.05, 4.69) is 15.5 Å². The summed E-state index contributed by atoms with van der Waals surface area (Å²) in [5, 5.41) is 10.9. The van der Waals surface area contributed by atoms with Crippen LogP contribution in [0.1, 0.15) is 38.2 Å². The molecule has 1 fully saturated rings. The minimum atomic E-state index is -0.121. The van der Waals surface area contributed by atoms with E-state index in [0.29, 0.717) is 5.82 Å². The van der Waals surface area contributed by atoms with E-state index in [1.165, 1.54) is 0 Å². The molecule has 4 rings (SSSR count). The molecule has 0 unspecified atom stereocenters. The number of benzene rings is 2. The number of aromatic amines is 1. The molecule has 1 aromatic heterocycles. The highest BCUT2D eigenvalue weighted by Crippen LogP contribution is 2.32. The number of hydrogen-bond acceptors (Lipinski definition) is 3. The van der Waals surface area contributed by atoms with E-state index in [4.69, 9.17) is 0 Å². The second kappa shape index (κ2) is 7.84. The van der Waals surface area contributed by atoms with Crippen LogP contribution < -0.4 is 10.2 Å². The average molecular weight is 376 g/mol. The first-order valence-corrected chi connectivity index (χ1v) is 9.73. The number of nitrogens with one attached hydrogen (secondary N) is 2. The molecule has 6 nitrogen and oxygen atoms in total. The molecule has 144 valence electrons. The summed E-state index contributed by atoms with van der Waals surface area (Å²) in [6.45, 7) is 1.61.